The number of unbranched alkanes of at least 4 members (excludes halogenated alkanes) is 1. The van der Waals surface area contributed by atoms with Crippen molar-refractivity contribution in [1.29, 1.82) is 0 Å². The minimum atomic E-state index is -5.20. The van der Waals surface area contributed by atoms with Crippen LogP contribution in [0.15, 0.2) is 92.0 Å². The van der Waals surface area contributed by atoms with Gasteiger partial charge in [0.15, 0.2) is 21.2 Å². The van der Waals surface area contributed by atoms with E-state index in [1.807, 2.05) is 0 Å². The second-order valence-corrected chi connectivity index (χ2v) is 24.0. The SMILES string of the molecule is CC1(C)C(C=C/C=C2\C(C)(C)c3c(ccc4cc(S(=O)(=O)[O-])cc(SOO[O-])c34)[N+]23CCCC3S(=O)(=O)[O-])=[N+](CCCCS(=O)(=O)[O-])c2ccc3cc(SOO[O-])cc(S(=O)(=O)[O-])c3c21.[K+].[K+].[K+].[K+].[K+]. The summed E-state index contributed by atoms with van der Waals surface area (Å²) >= 11 is 0.712. The van der Waals surface area contributed by atoms with Gasteiger partial charge in [-0.05, 0) is 87.4 Å². The average Bonchev–Trinajstić information content (AvgIpc) is 3.80. The van der Waals surface area contributed by atoms with Crippen LogP contribution in [0.3, 0.4) is 0 Å². The van der Waals surface area contributed by atoms with E-state index in [9.17, 15) is 62.4 Å². The molecule has 0 aromatic heterocycles. The van der Waals surface area contributed by atoms with Crippen molar-refractivity contribution >= 4 is 103 Å². The largest absolute Gasteiger partial charge is 1.00 e. The number of rotatable bonds is 16. The molecule has 0 saturated carbocycles. The first kappa shape index (κ1) is 70.9. The maximum Gasteiger partial charge on any atom is 1.00 e. The smallest absolute Gasteiger partial charge is 0.748 e. The van der Waals surface area contributed by atoms with Crippen molar-refractivity contribution in [2.45, 2.75) is 89.2 Å². The van der Waals surface area contributed by atoms with E-state index in [2.05, 4.69) is 18.7 Å². The molecule has 1 spiro atoms. The van der Waals surface area contributed by atoms with Gasteiger partial charge in [-0.15, -0.1) is 0 Å². The zero-order valence-electron chi connectivity index (χ0n) is 39.6. The van der Waals surface area contributed by atoms with Crippen LogP contribution in [-0.4, -0.2) is 86.4 Å². The summed E-state index contributed by atoms with van der Waals surface area (Å²) in [4.78, 5) is -1.25. The Bertz CT molecular complexity index is 3210. The van der Waals surface area contributed by atoms with Crippen molar-refractivity contribution < 1.29 is 343 Å². The Morgan fingerprint density at radius 1 is 0.743 bits per heavy atom. The zero-order chi connectivity index (χ0) is 47.7. The van der Waals surface area contributed by atoms with Crippen LogP contribution < -0.4 is 272 Å². The standard InChI is InChI=1S/C39H42N2O18S6.5K/c1-38(2)31(40(16-5-6-18-62(44,45)46)27-14-12-23-19-25(60-58-56-42)21-30(64(50,51)52)35(23)36(27)38)9-7-10-32-39(3,4)37-28(41(32)17-8-11-33(41)65(53,54)55)15-13-24-20-26(63(47,48)49)22-29(34(24)37)61-59-57-43;;;;;/h7,9-10,12-15,19-22,33H,5-6,8,11,16-18H2,1-4H3,(H4-2,42,43,44,45,46,47,48,49,50,51,52,53,54,55);;;;;/q;5*+1/p-4/b9-7?,32-10+;;;;;. The predicted molar refractivity (Wildman–Crippen MR) is 226 cm³/mol. The summed E-state index contributed by atoms with van der Waals surface area (Å²) in [6.07, 6.45) is 5.34. The molecule has 20 nitrogen and oxygen atoms in total. The van der Waals surface area contributed by atoms with Crippen molar-refractivity contribution in [1.82, 2.24) is 4.48 Å². The Labute approximate surface area is 627 Å². The maximum atomic E-state index is 13.2. The number of allylic oxidation sites excluding steroid dienone is 4. The molecule has 4 aromatic carbocycles. The molecule has 31 heteroatoms. The molecule has 4 aromatic rings. The summed E-state index contributed by atoms with van der Waals surface area (Å²) in [6.45, 7) is 7.29. The summed E-state index contributed by atoms with van der Waals surface area (Å²) in [5, 5.41) is 27.9. The summed E-state index contributed by atoms with van der Waals surface area (Å²) in [6, 6.07) is 10.9. The van der Waals surface area contributed by atoms with Crippen LogP contribution in [0.1, 0.15) is 64.5 Å². The molecule has 0 bridgehead atoms. The van der Waals surface area contributed by atoms with E-state index in [-0.39, 0.29) is 315 Å². The van der Waals surface area contributed by atoms with Gasteiger partial charge in [0.2, 0.25) is 5.69 Å². The number of benzene rings is 4. The average molecular weight is 1210 g/mol. The maximum absolute atomic E-state index is 13.2. The molecule has 7 rings (SSSR count). The Morgan fingerprint density at radius 3 is 1.94 bits per heavy atom. The Kier molecular flexibility index (Phi) is 28.1. The number of fused-ring (bicyclic) bond motifs is 7. The van der Waals surface area contributed by atoms with Gasteiger partial charge in [-0.2, -0.15) is 13.2 Å². The quantitative estimate of drug-likeness (QED) is 0.0147. The van der Waals surface area contributed by atoms with E-state index in [0.717, 1.165) is 18.2 Å². The molecule has 352 valence electrons. The minimum absolute atomic E-state index is 0. The molecule has 0 aliphatic carbocycles. The van der Waals surface area contributed by atoms with E-state index in [1.54, 1.807) is 68.7 Å². The van der Waals surface area contributed by atoms with E-state index < -0.39 is 76.7 Å². The number of quaternary nitrogens is 1. The molecular weight excluding hydrogens is 1170 g/mol. The van der Waals surface area contributed by atoms with Crippen molar-refractivity contribution in [3.63, 3.8) is 0 Å². The first-order chi connectivity index (χ1) is 30.2. The third-order valence-electron chi connectivity index (χ3n) is 12.2. The van der Waals surface area contributed by atoms with Crippen molar-refractivity contribution in [3.05, 3.63) is 83.6 Å². The molecule has 1 saturated heterocycles. The van der Waals surface area contributed by atoms with Crippen LogP contribution in [0.25, 0.3) is 21.5 Å². The molecule has 2 atom stereocenters. The molecule has 2 unspecified atom stereocenters. The van der Waals surface area contributed by atoms with Crippen molar-refractivity contribution in [2.24, 2.45) is 0 Å². The summed E-state index contributed by atoms with van der Waals surface area (Å²) in [7, 11) is -19.8. The molecular formula is C39H38K5N2O18S6+. The molecule has 70 heavy (non-hydrogen) atoms. The summed E-state index contributed by atoms with van der Waals surface area (Å²) < 4.78 is 160. The summed E-state index contributed by atoms with van der Waals surface area (Å²) in [5.74, 6) is -0.654. The molecule has 3 aliphatic rings. The van der Waals surface area contributed by atoms with Crippen molar-refractivity contribution in [2.75, 3.05) is 18.8 Å². The van der Waals surface area contributed by atoms with Gasteiger partial charge in [-0.1, -0.05) is 6.08 Å². The van der Waals surface area contributed by atoms with E-state index in [4.69, 9.17) is 0 Å². The molecule has 3 heterocycles. The van der Waals surface area contributed by atoms with Crippen LogP contribution in [0, 0.1) is 0 Å². The van der Waals surface area contributed by atoms with E-state index in [1.165, 1.54) is 12.1 Å². The van der Waals surface area contributed by atoms with Crippen LogP contribution in [0.4, 0.5) is 11.4 Å². The first-order valence-electron chi connectivity index (χ1n) is 19.4. The fourth-order valence-electron chi connectivity index (χ4n) is 9.97. The fraction of sp³-hybridized carbons (Fsp3) is 0.359. The van der Waals surface area contributed by atoms with Gasteiger partial charge in [0.05, 0.1) is 61.4 Å². The van der Waals surface area contributed by atoms with Gasteiger partial charge in [-0.25, -0.2) is 38.2 Å². The monoisotopic (exact) mass is 1210 g/mol. The predicted octanol–water partition coefficient (Wildman–Crippen LogP) is -11.6. The first-order valence-corrected chi connectivity index (χ1v) is 26.8. The van der Waals surface area contributed by atoms with Gasteiger partial charge < -0.3 is 28.7 Å². The Hall–Kier alpha value is 4.79. The second kappa shape index (κ2) is 27.7. The zero-order valence-corrected chi connectivity index (χ0v) is 60.1. The second-order valence-electron chi connectivity index (χ2n) is 16.7. The van der Waals surface area contributed by atoms with Gasteiger partial charge in [0.25, 0.3) is 0 Å². The Balaban J connectivity index is 0.00000336. The fourth-order valence-corrected chi connectivity index (χ4v) is 14.2. The molecule has 0 radical (unpaired) electrons. The molecule has 0 amide bonds. The van der Waals surface area contributed by atoms with Gasteiger partial charge in [-0.3, -0.25) is 10.1 Å². The number of hydrogen-bond donors (Lipinski definition) is 0. The third-order valence-corrected chi connectivity index (χ3v) is 17.1. The van der Waals surface area contributed by atoms with Crippen LogP contribution in [0.2, 0.25) is 0 Å². The van der Waals surface area contributed by atoms with Crippen LogP contribution in [0.5, 0.6) is 0 Å². The molecule has 3 aliphatic heterocycles. The van der Waals surface area contributed by atoms with E-state index in [0.29, 0.717) is 69.8 Å². The minimum Gasteiger partial charge on any atom is -0.748 e. The van der Waals surface area contributed by atoms with Crippen LogP contribution in [-0.2, 0) is 70.0 Å². The van der Waals surface area contributed by atoms with Crippen molar-refractivity contribution in [3.8, 4) is 0 Å². The summed E-state index contributed by atoms with van der Waals surface area (Å²) in [5.41, 5.74) is 0.232. The third kappa shape index (κ3) is 14.7. The Morgan fingerprint density at radius 2 is 1.36 bits per heavy atom. The molecule has 1 fully saturated rings. The van der Waals surface area contributed by atoms with Crippen LogP contribution >= 0.6 is 24.1 Å². The number of hydrogen-bond acceptors (Lipinski definition) is 20. The number of nitrogens with zero attached hydrogens (tertiary/aromatic N) is 2. The van der Waals surface area contributed by atoms with Gasteiger partial charge in [0, 0.05) is 74.9 Å². The van der Waals surface area contributed by atoms with Gasteiger partial charge >= 0.3 is 257 Å². The van der Waals surface area contributed by atoms with E-state index >= 15 is 0 Å². The van der Waals surface area contributed by atoms with Gasteiger partial charge in [0.1, 0.15) is 38.2 Å². The topological polar surface area (TPSA) is 315 Å². The molecule has 0 N–H and O–H groups in total. The normalized spacial score (nSPS) is 19.9.